The van der Waals surface area contributed by atoms with Crippen molar-refractivity contribution in [2.75, 3.05) is 10.9 Å². The van der Waals surface area contributed by atoms with E-state index in [1.165, 1.54) is 36.4 Å². The Bertz CT molecular complexity index is 979. The Morgan fingerprint density at radius 2 is 1.08 bits per heavy atom. The highest BCUT2D eigenvalue weighted by molar-refractivity contribution is 7.86. The third-order valence-electron chi connectivity index (χ3n) is 3.36. The summed E-state index contributed by atoms with van der Waals surface area (Å²) in [6, 6.07) is 7.86. The largest absolute Gasteiger partial charge is 0.324 e. The predicted molar refractivity (Wildman–Crippen MR) is 97.1 cm³/mol. The van der Waals surface area contributed by atoms with Gasteiger partial charge < -0.3 is 10.9 Å². The van der Waals surface area contributed by atoms with Gasteiger partial charge in [-0.15, -0.1) is 0 Å². The molecule has 12 heteroatoms. The minimum atomic E-state index is -4.56. The minimum absolute atomic E-state index is 0.0776. The molecule has 0 saturated heterocycles. The number of nitrogens with one attached hydrogen (secondary N) is 2. The Hall–Kier alpha value is -2.48. The average Bonchev–Trinajstić information content (AvgIpc) is 2.58. The van der Waals surface area contributed by atoms with E-state index in [0.717, 1.165) is 12.1 Å². The van der Waals surface area contributed by atoms with Crippen LogP contribution >= 0.6 is 0 Å². The van der Waals surface area contributed by atoms with Gasteiger partial charge in [-0.2, -0.15) is 16.8 Å². The molecule has 0 heterocycles. The van der Waals surface area contributed by atoms with Crippen molar-refractivity contribution in [3.63, 3.8) is 0 Å². The molecule has 0 fully saturated rings. The molecule has 0 aliphatic rings. The van der Waals surface area contributed by atoms with Gasteiger partial charge in [-0.1, -0.05) is 24.3 Å². The van der Waals surface area contributed by atoms with Crippen LogP contribution in [0.4, 0.5) is 11.4 Å². The first kappa shape index (κ1) is 19.8. The summed E-state index contributed by atoms with van der Waals surface area (Å²) in [5.74, 6) is 10.4. The molecule has 26 heavy (non-hydrogen) atoms. The zero-order valence-corrected chi connectivity index (χ0v) is 14.8. The topological polar surface area (TPSA) is 185 Å². The van der Waals surface area contributed by atoms with E-state index in [0.29, 0.717) is 0 Å². The highest BCUT2D eigenvalue weighted by Crippen LogP contribution is 2.25. The van der Waals surface area contributed by atoms with Crippen molar-refractivity contribution < 1.29 is 25.9 Å². The van der Waals surface area contributed by atoms with Crippen LogP contribution in [0.1, 0.15) is 11.1 Å². The summed E-state index contributed by atoms with van der Waals surface area (Å²) >= 11 is 0. The van der Waals surface area contributed by atoms with Crippen LogP contribution in [0.2, 0.25) is 0 Å². The number of nitrogens with two attached hydrogens (primary N) is 2. The SMILES string of the molecule is NNc1ccc(/C=C\c2ccc(NN)cc2S(=O)(=O)O)c(S(=O)(=O)O)c1. The first-order valence-electron chi connectivity index (χ1n) is 6.90. The van der Waals surface area contributed by atoms with E-state index < -0.39 is 30.0 Å². The summed E-state index contributed by atoms with van der Waals surface area (Å²) in [6.07, 6.45) is 2.53. The molecular formula is C14H16N4O6S2. The zero-order chi connectivity index (χ0) is 19.5. The second-order valence-corrected chi connectivity index (χ2v) is 7.86. The maximum absolute atomic E-state index is 11.5. The van der Waals surface area contributed by atoms with E-state index in [9.17, 15) is 25.9 Å². The molecule has 2 rings (SSSR count). The lowest BCUT2D eigenvalue weighted by Gasteiger charge is -2.08. The van der Waals surface area contributed by atoms with Crippen LogP contribution in [0.3, 0.4) is 0 Å². The number of rotatable bonds is 6. The fraction of sp³-hybridized carbons (Fsp3) is 0. The van der Waals surface area contributed by atoms with E-state index >= 15 is 0 Å². The number of anilines is 2. The van der Waals surface area contributed by atoms with Crippen LogP contribution in [0.15, 0.2) is 46.2 Å². The molecule has 0 atom stereocenters. The van der Waals surface area contributed by atoms with Gasteiger partial charge in [0, 0.05) is 11.4 Å². The standard InChI is InChI=1S/C14H16N4O6S2/c15-17-11-5-3-9(13(7-11)25(19,20)21)1-2-10-4-6-12(18-16)8-14(10)26(22,23)24/h1-8,17-18H,15-16H2,(H,19,20,21)(H,22,23,24)/b2-1-. The molecule has 0 aliphatic carbocycles. The van der Waals surface area contributed by atoms with Gasteiger partial charge in [0.2, 0.25) is 0 Å². The summed E-state index contributed by atoms with van der Waals surface area (Å²) in [5, 5.41) is 0. The molecule has 0 bridgehead atoms. The van der Waals surface area contributed by atoms with Crippen LogP contribution in [0, 0.1) is 0 Å². The van der Waals surface area contributed by atoms with Gasteiger partial charge in [-0.3, -0.25) is 20.8 Å². The second kappa shape index (κ2) is 7.41. The lowest BCUT2D eigenvalue weighted by atomic mass is 10.1. The van der Waals surface area contributed by atoms with E-state index in [-0.39, 0.29) is 22.5 Å². The van der Waals surface area contributed by atoms with Gasteiger partial charge in [0.05, 0.1) is 0 Å². The average molecular weight is 400 g/mol. The van der Waals surface area contributed by atoms with Gasteiger partial charge in [0.15, 0.2) is 0 Å². The van der Waals surface area contributed by atoms with E-state index in [2.05, 4.69) is 10.9 Å². The van der Waals surface area contributed by atoms with Crippen LogP contribution in [0.5, 0.6) is 0 Å². The summed E-state index contributed by atoms with van der Waals surface area (Å²) in [5.41, 5.74) is 5.14. The molecule has 0 amide bonds. The van der Waals surface area contributed by atoms with Crippen molar-refractivity contribution in [2.24, 2.45) is 11.7 Å². The van der Waals surface area contributed by atoms with Crippen molar-refractivity contribution in [1.29, 1.82) is 0 Å². The Kier molecular flexibility index (Phi) is 5.65. The van der Waals surface area contributed by atoms with Crippen LogP contribution in [-0.2, 0) is 20.2 Å². The Morgan fingerprint density at radius 3 is 1.35 bits per heavy atom. The summed E-state index contributed by atoms with van der Waals surface area (Å²) in [6.45, 7) is 0. The quantitative estimate of drug-likeness (QED) is 0.176. The van der Waals surface area contributed by atoms with Crippen LogP contribution in [-0.4, -0.2) is 25.9 Å². The van der Waals surface area contributed by atoms with Crippen molar-refractivity contribution in [3.05, 3.63) is 47.5 Å². The smallest absolute Gasteiger partial charge is 0.295 e. The van der Waals surface area contributed by atoms with E-state index in [1.54, 1.807) is 0 Å². The molecule has 0 aromatic heterocycles. The minimum Gasteiger partial charge on any atom is -0.324 e. The first-order chi connectivity index (χ1) is 12.1. The molecule has 8 N–H and O–H groups in total. The van der Waals surface area contributed by atoms with Crippen LogP contribution in [0.25, 0.3) is 12.2 Å². The van der Waals surface area contributed by atoms with Crippen molar-refractivity contribution in [1.82, 2.24) is 0 Å². The summed E-state index contributed by atoms with van der Waals surface area (Å²) < 4.78 is 64.9. The van der Waals surface area contributed by atoms with Gasteiger partial charge >= 0.3 is 0 Å². The Morgan fingerprint density at radius 1 is 0.731 bits per heavy atom. The van der Waals surface area contributed by atoms with Gasteiger partial charge in [0.25, 0.3) is 20.2 Å². The molecule has 0 saturated carbocycles. The highest BCUT2D eigenvalue weighted by atomic mass is 32.2. The molecule has 10 nitrogen and oxygen atoms in total. The number of nitrogen functional groups attached to an aromatic ring is 2. The van der Waals surface area contributed by atoms with Crippen molar-refractivity contribution >= 4 is 43.8 Å². The molecule has 2 aromatic rings. The van der Waals surface area contributed by atoms with Gasteiger partial charge in [0.1, 0.15) is 9.79 Å². The maximum Gasteiger partial charge on any atom is 0.295 e. The Balaban J connectivity index is 2.58. The number of hydrogen-bond acceptors (Lipinski definition) is 8. The highest BCUT2D eigenvalue weighted by Gasteiger charge is 2.17. The number of benzene rings is 2. The molecule has 2 aromatic carbocycles. The fourth-order valence-corrected chi connectivity index (χ4v) is 3.57. The first-order valence-corrected chi connectivity index (χ1v) is 9.78. The van der Waals surface area contributed by atoms with Crippen LogP contribution < -0.4 is 22.5 Å². The van der Waals surface area contributed by atoms with Gasteiger partial charge in [-0.05, 0) is 35.4 Å². The second-order valence-electron chi connectivity index (χ2n) is 5.08. The number of hydrogen-bond donors (Lipinski definition) is 6. The molecule has 140 valence electrons. The third kappa shape index (κ3) is 4.57. The van der Waals surface area contributed by atoms with E-state index in [1.807, 2.05) is 0 Å². The summed E-state index contributed by atoms with van der Waals surface area (Å²) in [4.78, 5) is -0.865. The molecule has 0 radical (unpaired) electrons. The predicted octanol–water partition coefficient (Wildman–Crippen LogP) is 0.922. The van der Waals surface area contributed by atoms with Crippen molar-refractivity contribution in [2.45, 2.75) is 9.79 Å². The van der Waals surface area contributed by atoms with Crippen molar-refractivity contribution in [3.8, 4) is 0 Å². The fourth-order valence-electron chi connectivity index (χ4n) is 2.15. The molecule has 0 unspecified atom stereocenters. The lowest BCUT2D eigenvalue weighted by molar-refractivity contribution is 0.480. The maximum atomic E-state index is 11.5. The third-order valence-corrected chi connectivity index (χ3v) is 5.18. The zero-order valence-electron chi connectivity index (χ0n) is 13.1. The summed E-state index contributed by atoms with van der Waals surface area (Å²) in [7, 11) is -9.12. The lowest BCUT2D eigenvalue weighted by Crippen LogP contribution is -2.09. The van der Waals surface area contributed by atoms with Gasteiger partial charge in [-0.25, -0.2) is 0 Å². The number of hydrazine groups is 2. The Labute approximate surface area is 150 Å². The monoisotopic (exact) mass is 400 g/mol. The molecular weight excluding hydrogens is 384 g/mol. The molecule has 0 spiro atoms. The van der Waals surface area contributed by atoms with E-state index in [4.69, 9.17) is 11.7 Å². The molecule has 0 aliphatic heterocycles. The normalized spacial score (nSPS) is 12.3.